The van der Waals surface area contributed by atoms with Gasteiger partial charge in [-0.15, -0.1) is 0 Å². The van der Waals surface area contributed by atoms with Crippen LogP contribution in [-0.4, -0.2) is 40.7 Å². The van der Waals surface area contributed by atoms with Crippen LogP contribution in [0.5, 0.6) is 0 Å². The van der Waals surface area contributed by atoms with Crippen molar-refractivity contribution < 1.29 is 14.4 Å². The minimum absolute atomic E-state index is 0.287. The molecule has 6 heteroatoms. The molecular weight excluding hydrogens is 384 g/mol. The Morgan fingerprint density at radius 1 is 1.03 bits per heavy atom. The monoisotopic (exact) mass is 410 g/mol. The van der Waals surface area contributed by atoms with Crippen LogP contribution in [0.1, 0.15) is 58.9 Å². The zero-order chi connectivity index (χ0) is 21.0. The lowest BCUT2D eigenvalue weighted by Crippen LogP contribution is -2.47. The van der Waals surface area contributed by atoms with Crippen LogP contribution in [0.4, 0.5) is 5.69 Å². The Morgan fingerprint density at radius 2 is 1.62 bits per heavy atom. The number of fused-ring (bicyclic) bond motifs is 1. The molecule has 0 saturated carbocycles. The normalized spacial score (nSPS) is 15.2. The van der Waals surface area contributed by atoms with Crippen LogP contribution in [0.2, 0.25) is 0 Å². The summed E-state index contributed by atoms with van der Waals surface area (Å²) in [4.78, 5) is 40.2. The fourth-order valence-corrected chi connectivity index (χ4v) is 4.03. The highest BCUT2D eigenvalue weighted by atomic mass is 32.2. The van der Waals surface area contributed by atoms with E-state index in [1.807, 2.05) is 30.5 Å². The van der Waals surface area contributed by atoms with Gasteiger partial charge in [0.15, 0.2) is 0 Å². The molecule has 3 amide bonds. The van der Waals surface area contributed by atoms with Gasteiger partial charge in [-0.3, -0.25) is 19.3 Å². The molecule has 1 heterocycles. The first kappa shape index (κ1) is 21.1. The van der Waals surface area contributed by atoms with Gasteiger partial charge in [-0.2, -0.15) is 11.8 Å². The van der Waals surface area contributed by atoms with Crippen LogP contribution < -0.4 is 5.32 Å². The summed E-state index contributed by atoms with van der Waals surface area (Å²) in [5.41, 5.74) is 2.51. The zero-order valence-electron chi connectivity index (χ0n) is 17.0. The molecule has 2 aromatic carbocycles. The number of rotatable bonds is 8. The first-order valence-electron chi connectivity index (χ1n) is 9.85. The Hall–Kier alpha value is -2.60. The fraction of sp³-hybridized carbons (Fsp3) is 0.348. The third-order valence-electron chi connectivity index (χ3n) is 5.40. The van der Waals surface area contributed by atoms with Crippen molar-refractivity contribution in [1.29, 1.82) is 0 Å². The van der Waals surface area contributed by atoms with Crippen molar-refractivity contribution in [2.75, 3.05) is 17.3 Å². The van der Waals surface area contributed by atoms with Gasteiger partial charge in [0, 0.05) is 5.69 Å². The standard InChI is InChI=1S/C23H26N2O3S/c1-4-15(2)16-9-7-8-12-19(16)24-21(26)20(13-14-29-3)25-22(27)17-10-5-6-11-18(17)23(25)28/h5-12,15,20H,4,13-14H2,1-3H3,(H,24,26)/t15-,20-/m1/s1. The lowest BCUT2D eigenvalue weighted by atomic mass is 9.96. The molecule has 0 unspecified atom stereocenters. The average Bonchev–Trinajstić information content (AvgIpc) is 2.99. The lowest BCUT2D eigenvalue weighted by molar-refractivity contribution is -0.120. The quantitative estimate of drug-likeness (QED) is 0.648. The number of para-hydroxylation sites is 1. The fourth-order valence-electron chi connectivity index (χ4n) is 3.57. The van der Waals surface area contributed by atoms with E-state index >= 15 is 0 Å². The van der Waals surface area contributed by atoms with Gasteiger partial charge in [0.1, 0.15) is 6.04 Å². The third kappa shape index (κ3) is 4.22. The Bertz CT molecular complexity index is 893. The maximum atomic E-state index is 13.2. The Labute approximate surface area is 175 Å². The highest BCUT2D eigenvalue weighted by molar-refractivity contribution is 7.98. The van der Waals surface area contributed by atoms with Crippen molar-refractivity contribution >= 4 is 35.2 Å². The molecular formula is C23H26N2O3S. The van der Waals surface area contributed by atoms with E-state index in [1.54, 1.807) is 36.0 Å². The van der Waals surface area contributed by atoms with Crippen molar-refractivity contribution in [2.24, 2.45) is 0 Å². The second-order valence-corrected chi connectivity index (χ2v) is 8.19. The number of anilines is 1. The van der Waals surface area contributed by atoms with Gasteiger partial charge >= 0.3 is 0 Å². The molecule has 0 bridgehead atoms. The predicted octanol–water partition coefficient (Wildman–Crippen LogP) is 4.56. The van der Waals surface area contributed by atoms with Crippen LogP contribution in [0.15, 0.2) is 48.5 Å². The molecule has 0 aromatic heterocycles. The molecule has 0 aliphatic carbocycles. The SMILES string of the molecule is CC[C@@H](C)c1ccccc1NC(=O)[C@@H](CCSC)N1C(=O)c2ccccc2C1=O. The Balaban J connectivity index is 1.90. The first-order valence-corrected chi connectivity index (χ1v) is 11.2. The molecule has 0 spiro atoms. The van der Waals surface area contributed by atoms with Gasteiger partial charge in [0.2, 0.25) is 5.91 Å². The van der Waals surface area contributed by atoms with Crippen LogP contribution in [-0.2, 0) is 4.79 Å². The number of nitrogens with zero attached hydrogens (tertiary/aromatic N) is 1. The molecule has 1 aliphatic rings. The molecule has 0 saturated heterocycles. The van der Waals surface area contributed by atoms with E-state index < -0.39 is 17.9 Å². The molecule has 2 atom stereocenters. The summed E-state index contributed by atoms with van der Waals surface area (Å²) in [6.45, 7) is 4.21. The molecule has 0 radical (unpaired) electrons. The van der Waals surface area contributed by atoms with Crippen LogP contribution in [0, 0.1) is 0 Å². The van der Waals surface area contributed by atoms with Crippen molar-refractivity contribution in [3.63, 3.8) is 0 Å². The van der Waals surface area contributed by atoms with Gasteiger partial charge in [0.25, 0.3) is 11.8 Å². The Kier molecular flexibility index (Phi) is 6.75. The van der Waals surface area contributed by atoms with E-state index in [4.69, 9.17) is 0 Å². The first-order chi connectivity index (χ1) is 14.0. The maximum Gasteiger partial charge on any atom is 0.262 e. The molecule has 5 nitrogen and oxygen atoms in total. The molecule has 3 rings (SSSR count). The van der Waals surface area contributed by atoms with E-state index in [1.165, 1.54) is 0 Å². The number of imide groups is 1. The topological polar surface area (TPSA) is 66.5 Å². The van der Waals surface area contributed by atoms with Gasteiger partial charge in [-0.05, 0) is 54.5 Å². The minimum atomic E-state index is -0.847. The van der Waals surface area contributed by atoms with Crippen LogP contribution >= 0.6 is 11.8 Å². The van der Waals surface area contributed by atoms with E-state index in [0.717, 1.165) is 22.6 Å². The summed E-state index contributed by atoms with van der Waals surface area (Å²) in [6, 6.07) is 13.6. The number of benzene rings is 2. The zero-order valence-corrected chi connectivity index (χ0v) is 17.8. The van der Waals surface area contributed by atoms with E-state index in [2.05, 4.69) is 19.2 Å². The predicted molar refractivity (Wildman–Crippen MR) is 118 cm³/mol. The van der Waals surface area contributed by atoms with E-state index in [0.29, 0.717) is 23.3 Å². The summed E-state index contributed by atoms with van der Waals surface area (Å²) in [6.07, 6.45) is 3.29. The average molecular weight is 411 g/mol. The summed E-state index contributed by atoms with van der Waals surface area (Å²) in [7, 11) is 0. The molecule has 1 N–H and O–H groups in total. The van der Waals surface area contributed by atoms with Gasteiger partial charge < -0.3 is 5.32 Å². The highest BCUT2D eigenvalue weighted by Gasteiger charge is 2.42. The maximum absolute atomic E-state index is 13.2. The smallest absolute Gasteiger partial charge is 0.262 e. The van der Waals surface area contributed by atoms with E-state index in [9.17, 15) is 14.4 Å². The molecule has 152 valence electrons. The second-order valence-electron chi connectivity index (χ2n) is 7.21. The molecule has 0 fully saturated rings. The number of carbonyl (C=O) groups is 3. The largest absolute Gasteiger partial charge is 0.324 e. The van der Waals surface area contributed by atoms with Crippen molar-refractivity contribution in [3.05, 3.63) is 65.2 Å². The Morgan fingerprint density at radius 3 is 2.21 bits per heavy atom. The van der Waals surface area contributed by atoms with E-state index in [-0.39, 0.29) is 11.8 Å². The highest BCUT2D eigenvalue weighted by Crippen LogP contribution is 2.29. The van der Waals surface area contributed by atoms with Crippen LogP contribution in [0.3, 0.4) is 0 Å². The number of hydrogen-bond donors (Lipinski definition) is 1. The van der Waals surface area contributed by atoms with Crippen LogP contribution in [0.25, 0.3) is 0 Å². The molecule has 2 aromatic rings. The number of nitrogens with one attached hydrogen (secondary N) is 1. The third-order valence-corrected chi connectivity index (χ3v) is 6.04. The van der Waals surface area contributed by atoms with Gasteiger partial charge in [-0.25, -0.2) is 0 Å². The number of thioether (sulfide) groups is 1. The van der Waals surface area contributed by atoms with Crippen molar-refractivity contribution in [1.82, 2.24) is 4.90 Å². The number of hydrogen-bond acceptors (Lipinski definition) is 4. The summed E-state index contributed by atoms with van der Waals surface area (Å²) in [5, 5.41) is 2.99. The summed E-state index contributed by atoms with van der Waals surface area (Å²) in [5.74, 6) is -0.178. The lowest BCUT2D eigenvalue weighted by Gasteiger charge is -2.26. The summed E-state index contributed by atoms with van der Waals surface area (Å²) >= 11 is 1.58. The van der Waals surface area contributed by atoms with Gasteiger partial charge in [0.05, 0.1) is 11.1 Å². The second kappa shape index (κ2) is 9.27. The molecule has 29 heavy (non-hydrogen) atoms. The molecule has 1 aliphatic heterocycles. The minimum Gasteiger partial charge on any atom is -0.324 e. The number of carbonyl (C=O) groups excluding carboxylic acids is 3. The van der Waals surface area contributed by atoms with Crippen molar-refractivity contribution in [3.8, 4) is 0 Å². The van der Waals surface area contributed by atoms with Crippen molar-refractivity contribution in [2.45, 2.75) is 38.6 Å². The summed E-state index contributed by atoms with van der Waals surface area (Å²) < 4.78 is 0. The van der Waals surface area contributed by atoms with Gasteiger partial charge in [-0.1, -0.05) is 44.2 Å². The number of amides is 3.